The second-order valence-corrected chi connectivity index (χ2v) is 6.29. The lowest BCUT2D eigenvalue weighted by atomic mass is 9.76. The minimum atomic E-state index is 0.406. The van der Waals surface area contributed by atoms with Crippen molar-refractivity contribution in [2.75, 3.05) is 7.05 Å². The molecule has 1 saturated carbocycles. The smallest absolute Gasteiger partial charge is 0.0361 e. The fraction of sp³-hybridized carbons (Fsp3) is 0.400. The van der Waals surface area contributed by atoms with Gasteiger partial charge in [0, 0.05) is 6.04 Å². The van der Waals surface area contributed by atoms with E-state index in [1.54, 1.807) is 5.56 Å². The lowest BCUT2D eigenvalue weighted by molar-refractivity contribution is 0.412. The first-order chi connectivity index (χ1) is 10.3. The molecule has 2 aromatic carbocycles. The molecule has 2 aromatic rings. The number of aryl methyl sites for hydroxylation is 1. The number of nitrogens with one attached hydrogen (secondary N) is 1. The molecular formula is C20H25N. The lowest BCUT2D eigenvalue weighted by Gasteiger charge is -2.30. The van der Waals surface area contributed by atoms with E-state index in [1.807, 2.05) is 0 Å². The normalized spacial score (nSPS) is 16.5. The van der Waals surface area contributed by atoms with E-state index in [9.17, 15) is 0 Å². The molecular weight excluding hydrogens is 254 g/mol. The van der Waals surface area contributed by atoms with Crippen LogP contribution in [0.3, 0.4) is 0 Å². The molecule has 110 valence electrons. The van der Waals surface area contributed by atoms with Gasteiger partial charge in [0.05, 0.1) is 0 Å². The number of likely N-dealkylation sites (N-methyl/N-ethyl adjacent to an activating group) is 1. The summed E-state index contributed by atoms with van der Waals surface area (Å²) in [6, 6.07) is 18.3. The van der Waals surface area contributed by atoms with Crippen molar-refractivity contribution in [3.05, 3.63) is 70.8 Å². The molecule has 1 fully saturated rings. The number of hydrogen-bond donors (Lipinski definition) is 1. The van der Waals surface area contributed by atoms with E-state index >= 15 is 0 Å². The van der Waals surface area contributed by atoms with Crippen molar-refractivity contribution in [1.29, 1.82) is 0 Å². The van der Waals surface area contributed by atoms with Gasteiger partial charge in [0.25, 0.3) is 0 Å². The van der Waals surface area contributed by atoms with Crippen LogP contribution in [0.15, 0.2) is 48.5 Å². The maximum atomic E-state index is 3.53. The fourth-order valence-corrected chi connectivity index (χ4v) is 3.36. The first kappa shape index (κ1) is 14.3. The molecule has 1 aliphatic rings. The Balaban J connectivity index is 1.86. The van der Waals surface area contributed by atoms with E-state index in [2.05, 4.69) is 67.8 Å². The van der Waals surface area contributed by atoms with Gasteiger partial charge in [0.2, 0.25) is 0 Å². The largest absolute Gasteiger partial charge is 0.313 e. The highest BCUT2D eigenvalue weighted by molar-refractivity contribution is 5.35. The van der Waals surface area contributed by atoms with Crippen LogP contribution in [0.4, 0.5) is 0 Å². The van der Waals surface area contributed by atoms with Crippen molar-refractivity contribution in [2.45, 2.75) is 44.6 Å². The molecule has 1 N–H and O–H groups in total. The summed E-state index contributed by atoms with van der Waals surface area (Å²) in [5, 5.41) is 3.53. The Labute approximate surface area is 128 Å². The third-order valence-electron chi connectivity index (χ3n) is 4.79. The zero-order chi connectivity index (χ0) is 14.7. The highest BCUT2D eigenvalue weighted by atomic mass is 14.9. The maximum Gasteiger partial charge on any atom is 0.0361 e. The summed E-state index contributed by atoms with van der Waals surface area (Å²) in [6.45, 7) is 2.17. The molecule has 0 aliphatic heterocycles. The molecule has 1 unspecified atom stereocenters. The van der Waals surface area contributed by atoms with Crippen LogP contribution in [0.2, 0.25) is 0 Å². The van der Waals surface area contributed by atoms with E-state index in [0.29, 0.717) is 6.04 Å². The van der Waals surface area contributed by atoms with Gasteiger partial charge < -0.3 is 5.32 Å². The second-order valence-electron chi connectivity index (χ2n) is 6.29. The Bertz CT molecular complexity index is 598. The topological polar surface area (TPSA) is 12.0 Å². The molecule has 0 spiro atoms. The minimum Gasteiger partial charge on any atom is -0.313 e. The predicted molar refractivity (Wildman–Crippen MR) is 89.7 cm³/mol. The Kier molecular flexibility index (Phi) is 4.40. The standard InChI is InChI=1S/C20H25N/c1-15-7-5-8-16(13-15)14-20(21-2)19-12-4-3-11-18(19)17-9-6-10-17/h3-5,7-8,11-13,17,20-21H,6,9-10,14H2,1-2H3. The molecule has 1 nitrogen and oxygen atoms in total. The fourth-order valence-electron chi connectivity index (χ4n) is 3.36. The summed E-state index contributed by atoms with van der Waals surface area (Å²) in [5.74, 6) is 0.787. The van der Waals surface area contributed by atoms with E-state index in [0.717, 1.165) is 12.3 Å². The maximum absolute atomic E-state index is 3.53. The first-order valence-corrected chi connectivity index (χ1v) is 8.09. The Hall–Kier alpha value is -1.60. The quantitative estimate of drug-likeness (QED) is 0.831. The SMILES string of the molecule is CNC(Cc1cccc(C)c1)c1ccccc1C1CCC1. The van der Waals surface area contributed by atoms with Gasteiger partial charge in [-0.25, -0.2) is 0 Å². The molecule has 0 radical (unpaired) electrons. The van der Waals surface area contributed by atoms with Gasteiger partial charge >= 0.3 is 0 Å². The van der Waals surface area contributed by atoms with Crippen LogP contribution < -0.4 is 5.32 Å². The molecule has 0 amide bonds. The molecule has 0 heterocycles. The van der Waals surface area contributed by atoms with Crippen LogP contribution in [0.1, 0.15) is 53.5 Å². The van der Waals surface area contributed by atoms with Crippen LogP contribution in [0.5, 0.6) is 0 Å². The lowest BCUT2D eigenvalue weighted by Crippen LogP contribution is -2.22. The summed E-state index contributed by atoms with van der Waals surface area (Å²) < 4.78 is 0. The zero-order valence-corrected chi connectivity index (χ0v) is 13.1. The first-order valence-electron chi connectivity index (χ1n) is 8.09. The van der Waals surface area contributed by atoms with Gasteiger partial charge in [0.1, 0.15) is 0 Å². The molecule has 1 aliphatic carbocycles. The summed E-state index contributed by atoms with van der Waals surface area (Å²) >= 11 is 0. The highest BCUT2D eigenvalue weighted by Gasteiger charge is 2.24. The van der Waals surface area contributed by atoms with Crippen LogP contribution >= 0.6 is 0 Å². The van der Waals surface area contributed by atoms with Crippen molar-refractivity contribution >= 4 is 0 Å². The van der Waals surface area contributed by atoms with E-state index in [1.165, 1.54) is 36.0 Å². The number of hydrogen-bond acceptors (Lipinski definition) is 1. The molecule has 0 bridgehead atoms. The molecule has 21 heavy (non-hydrogen) atoms. The highest BCUT2D eigenvalue weighted by Crippen LogP contribution is 2.39. The van der Waals surface area contributed by atoms with Crippen LogP contribution in [-0.4, -0.2) is 7.05 Å². The van der Waals surface area contributed by atoms with Crippen molar-refractivity contribution in [3.63, 3.8) is 0 Å². The van der Waals surface area contributed by atoms with Crippen molar-refractivity contribution in [3.8, 4) is 0 Å². The molecule has 1 heteroatoms. The van der Waals surface area contributed by atoms with Crippen molar-refractivity contribution < 1.29 is 0 Å². The molecule has 0 aromatic heterocycles. The summed E-state index contributed by atoms with van der Waals surface area (Å²) in [4.78, 5) is 0. The summed E-state index contributed by atoms with van der Waals surface area (Å²) in [5.41, 5.74) is 5.81. The van der Waals surface area contributed by atoms with Gasteiger partial charge in [-0.15, -0.1) is 0 Å². The molecule has 1 atom stereocenters. The van der Waals surface area contributed by atoms with E-state index in [-0.39, 0.29) is 0 Å². The molecule has 0 saturated heterocycles. The van der Waals surface area contributed by atoms with Crippen LogP contribution in [0, 0.1) is 6.92 Å². The molecule has 3 rings (SSSR count). The zero-order valence-electron chi connectivity index (χ0n) is 13.1. The predicted octanol–water partition coefficient (Wildman–Crippen LogP) is 4.77. The third kappa shape index (κ3) is 3.19. The average Bonchev–Trinajstić information content (AvgIpc) is 2.44. The van der Waals surface area contributed by atoms with E-state index < -0.39 is 0 Å². The Morgan fingerprint density at radius 3 is 2.57 bits per heavy atom. The third-order valence-corrected chi connectivity index (χ3v) is 4.79. The summed E-state index contributed by atoms with van der Waals surface area (Å²) in [7, 11) is 2.08. The summed E-state index contributed by atoms with van der Waals surface area (Å²) in [6.07, 6.45) is 5.17. The monoisotopic (exact) mass is 279 g/mol. The van der Waals surface area contributed by atoms with Crippen LogP contribution in [0.25, 0.3) is 0 Å². The van der Waals surface area contributed by atoms with Gasteiger partial charge in [-0.3, -0.25) is 0 Å². The van der Waals surface area contributed by atoms with Crippen molar-refractivity contribution in [2.24, 2.45) is 0 Å². The Morgan fingerprint density at radius 2 is 1.90 bits per heavy atom. The van der Waals surface area contributed by atoms with Gasteiger partial charge in [-0.05, 0) is 55.8 Å². The van der Waals surface area contributed by atoms with Gasteiger partial charge in [0.15, 0.2) is 0 Å². The van der Waals surface area contributed by atoms with Crippen LogP contribution in [-0.2, 0) is 6.42 Å². The Morgan fingerprint density at radius 1 is 1.10 bits per heavy atom. The van der Waals surface area contributed by atoms with Crippen molar-refractivity contribution in [1.82, 2.24) is 5.32 Å². The number of rotatable bonds is 5. The van der Waals surface area contributed by atoms with E-state index in [4.69, 9.17) is 0 Å². The average molecular weight is 279 g/mol. The number of benzene rings is 2. The second kappa shape index (κ2) is 6.44. The van der Waals surface area contributed by atoms with Gasteiger partial charge in [-0.1, -0.05) is 60.5 Å². The minimum absolute atomic E-state index is 0.406. The van der Waals surface area contributed by atoms with Gasteiger partial charge in [-0.2, -0.15) is 0 Å².